The lowest BCUT2D eigenvalue weighted by Gasteiger charge is -2.22. The predicted molar refractivity (Wildman–Crippen MR) is 167 cm³/mol. The van der Waals surface area contributed by atoms with Gasteiger partial charge in [0, 0.05) is 36.9 Å². The number of carbonyl (C=O) groups excluding carboxylic acids is 3. The fraction of sp³-hybridized carbons (Fsp3) is 0.533. The summed E-state index contributed by atoms with van der Waals surface area (Å²) in [6, 6.07) is 4.62. The van der Waals surface area contributed by atoms with E-state index in [1.165, 1.54) is 24.1 Å². The van der Waals surface area contributed by atoms with Gasteiger partial charge in [0.1, 0.15) is 5.82 Å². The molecule has 0 aliphatic heterocycles. The SMILES string of the molecule is C=CCCCCN(C)C(=O)CN(C)C(=O)CNC(=O)C(CC=C)B(C)C#N.CC(C)C.Cc1cc(F)ccc1Br. The van der Waals surface area contributed by atoms with Gasteiger partial charge in [0.2, 0.25) is 17.7 Å². The number of allylic oxidation sites excluding steroid dienone is 2. The van der Waals surface area contributed by atoms with Crippen LogP contribution >= 0.6 is 15.9 Å². The van der Waals surface area contributed by atoms with Crippen molar-refractivity contribution in [1.29, 1.82) is 5.26 Å². The van der Waals surface area contributed by atoms with Crippen molar-refractivity contribution in [2.45, 2.75) is 66.0 Å². The van der Waals surface area contributed by atoms with Crippen LogP contribution in [0.4, 0.5) is 4.39 Å². The highest BCUT2D eigenvalue weighted by Gasteiger charge is 2.28. The van der Waals surface area contributed by atoms with Gasteiger partial charge in [-0.3, -0.25) is 14.4 Å². The summed E-state index contributed by atoms with van der Waals surface area (Å²) in [5, 5.41) is 11.6. The lowest BCUT2D eigenvalue weighted by Crippen LogP contribution is -2.45. The Bertz CT molecular complexity index is 981. The second kappa shape index (κ2) is 22.8. The quantitative estimate of drug-likeness (QED) is 0.165. The Hall–Kier alpha value is -2.93. The van der Waals surface area contributed by atoms with Crippen molar-refractivity contribution in [3.63, 3.8) is 0 Å². The molecule has 0 fully saturated rings. The van der Waals surface area contributed by atoms with Gasteiger partial charge in [-0.2, -0.15) is 0 Å². The fourth-order valence-electron chi connectivity index (χ4n) is 3.02. The summed E-state index contributed by atoms with van der Waals surface area (Å²) in [6.07, 6.45) is 6.55. The summed E-state index contributed by atoms with van der Waals surface area (Å²) < 4.78 is 13.3. The van der Waals surface area contributed by atoms with Crippen molar-refractivity contribution in [1.82, 2.24) is 15.1 Å². The van der Waals surface area contributed by atoms with E-state index in [9.17, 15) is 18.8 Å². The molecule has 0 saturated heterocycles. The van der Waals surface area contributed by atoms with Crippen molar-refractivity contribution in [3.8, 4) is 5.97 Å². The van der Waals surface area contributed by atoms with Crippen molar-refractivity contribution in [2.24, 2.45) is 5.92 Å². The van der Waals surface area contributed by atoms with Crippen LogP contribution < -0.4 is 5.32 Å². The third kappa shape index (κ3) is 19.2. The number of unbranched alkanes of at least 4 members (excludes halogenated alkanes) is 2. The molecule has 10 heteroatoms. The molecule has 0 aliphatic carbocycles. The standard InChI is InChI=1S/C19H31BN4O3.C7H6BrF.C4H10/c1-6-8-9-10-12-23(4)18(26)14-24(5)17(25)13-22-19(27)16(11-7-2)20(3)15-21;1-5-4-6(9)2-3-7(5)8;1-4(2)3/h6-7,16H,1-2,8-14H2,3-5H3,(H,22,27);2-4H,1H3;4H,1-3H3. The molecule has 0 saturated carbocycles. The molecule has 0 aromatic heterocycles. The first-order valence-electron chi connectivity index (χ1n) is 13.5. The minimum Gasteiger partial charge on any atom is -0.347 e. The van der Waals surface area contributed by atoms with E-state index in [0.717, 1.165) is 35.2 Å². The van der Waals surface area contributed by atoms with E-state index >= 15 is 0 Å². The fourth-order valence-corrected chi connectivity index (χ4v) is 3.27. The highest BCUT2D eigenvalue weighted by molar-refractivity contribution is 9.10. The Morgan fingerprint density at radius 3 is 2.20 bits per heavy atom. The third-order valence-corrected chi connectivity index (χ3v) is 6.36. The topological polar surface area (TPSA) is 93.5 Å². The highest BCUT2D eigenvalue weighted by atomic mass is 79.9. The number of hydrogen-bond donors (Lipinski definition) is 1. The maximum absolute atomic E-state index is 12.3. The number of nitrogens with zero attached hydrogens (tertiary/aromatic N) is 3. The number of likely N-dealkylation sites (N-methyl/N-ethyl adjacent to an activating group) is 2. The van der Waals surface area contributed by atoms with Crippen LogP contribution in [0.5, 0.6) is 0 Å². The molecule has 1 N–H and O–H groups in total. The summed E-state index contributed by atoms with van der Waals surface area (Å²) >= 11 is 3.26. The van der Waals surface area contributed by atoms with Crippen LogP contribution in [0.3, 0.4) is 0 Å². The smallest absolute Gasteiger partial charge is 0.277 e. The van der Waals surface area contributed by atoms with Gasteiger partial charge in [-0.15, -0.1) is 13.2 Å². The number of amides is 3. The summed E-state index contributed by atoms with van der Waals surface area (Å²) in [5.74, 6) is 1.27. The van der Waals surface area contributed by atoms with Crippen LogP contribution in [-0.4, -0.2) is 68.0 Å². The first kappa shape index (κ1) is 39.2. The van der Waals surface area contributed by atoms with E-state index in [2.05, 4.69) is 55.2 Å². The number of nitriles is 1. The van der Waals surface area contributed by atoms with Gasteiger partial charge < -0.3 is 15.1 Å². The Kier molecular flexibility index (Phi) is 22.4. The summed E-state index contributed by atoms with van der Waals surface area (Å²) in [4.78, 5) is 39.4. The molecular formula is C30H47BBrFN4O3. The van der Waals surface area contributed by atoms with Gasteiger partial charge in [0.15, 0.2) is 0 Å². The second-order valence-corrected chi connectivity index (χ2v) is 11.1. The number of rotatable bonds is 13. The molecule has 7 nitrogen and oxygen atoms in total. The van der Waals surface area contributed by atoms with Gasteiger partial charge in [-0.05, 0) is 62.3 Å². The van der Waals surface area contributed by atoms with Crippen LogP contribution in [0, 0.1) is 29.9 Å². The summed E-state index contributed by atoms with van der Waals surface area (Å²) in [7, 11) is 3.23. The predicted octanol–water partition coefficient (Wildman–Crippen LogP) is 6.07. The number of nitrogens with one attached hydrogen (secondary N) is 1. The number of halogens is 2. The average Bonchev–Trinajstić information content (AvgIpc) is 2.89. The zero-order valence-corrected chi connectivity index (χ0v) is 26.9. The first-order chi connectivity index (χ1) is 18.7. The van der Waals surface area contributed by atoms with Gasteiger partial charge in [0.05, 0.1) is 13.1 Å². The van der Waals surface area contributed by atoms with E-state index in [1.807, 2.05) is 19.0 Å². The van der Waals surface area contributed by atoms with E-state index in [-0.39, 0.29) is 36.6 Å². The third-order valence-electron chi connectivity index (χ3n) is 5.47. The average molecular weight is 621 g/mol. The summed E-state index contributed by atoms with van der Waals surface area (Å²) in [5.41, 5.74) is 0.926. The highest BCUT2D eigenvalue weighted by Crippen LogP contribution is 2.16. The molecule has 0 bridgehead atoms. The Balaban J connectivity index is 0. The minimum atomic E-state index is -0.547. The van der Waals surface area contributed by atoms with Gasteiger partial charge in [0.25, 0.3) is 6.71 Å². The van der Waals surface area contributed by atoms with Gasteiger partial charge in [-0.25, -0.2) is 9.65 Å². The number of carbonyl (C=O) groups is 3. The van der Waals surface area contributed by atoms with Crippen LogP contribution in [0.1, 0.15) is 52.0 Å². The van der Waals surface area contributed by atoms with Crippen molar-refractivity contribution in [3.05, 3.63) is 59.4 Å². The van der Waals surface area contributed by atoms with E-state index in [4.69, 9.17) is 5.26 Å². The van der Waals surface area contributed by atoms with Crippen LogP contribution in [0.25, 0.3) is 0 Å². The number of hydrogen-bond acceptors (Lipinski definition) is 4. The van der Waals surface area contributed by atoms with E-state index in [0.29, 0.717) is 13.0 Å². The number of benzene rings is 1. The lowest BCUT2D eigenvalue weighted by atomic mass is 9.43. The maximum Gasteiger partial charge on any atom is 0.277 e. The van der Waals surface area contributed by atoms with Crippen LogP contribution in [0.2, 0.25) is 12.6 Å². The van der Waals surface area contributed by atoms with Gasteiger partial charge in [-0.1, -0.05) is 55.7 Å². The van der Waals surface area contributed by atoms with Gasteiger partial charge >= 0.3 is 0 Å². The Morgan fingerprint density at radius 2 is 1.73 bits per heavy atom. The molecule has 0 spiro atoms. The molecule has 222 valence electrons. The van der Waals surface area contributed by atoms with E-state index < -0.39 is 12.5 Å². The van der Waals surface area contributed by atoms with Crippen molar-refractivity contribution >= 4 is 40.4 Å². The molecule has 1 rings (SSSR count). The Labute approximate surface area is 250 Å². The van der Waals surface area contributed by atoms with E-state index in [1.54, 1.807) is 30.9 Å². The largest absolute Gasteiger partial charge is 0.347 e. The van der Waals surface area contributed by atoms with Crippen LogP contribution in [0.15, 0.2) is 48.0 Å². The molecule has 1 unspecified atom stereocenters. The molecular weight excluding hydrogens is 574 g/mol. The Morgan fingerprint density at radius 1 is 1.12 bits per heavy atom. The molecule has 0 aliphatic rings. The summed E-state index contributed by atoms with van der Waals surface area (Å²) in [6.45, 7) is 17.2. The zero-order valence-electron chi connectivity index (χ0n) is 25.3. The molecule has 0 radical (unpaired) electrons. The molecule has 1 aromatic rings. The van der Waals surface area contributed by atoms with Crippen molar-refractivity contribution in [2.75, 3.05) is 33.7 Å². The van der Waals surface area contributed by atoms with Crippen LogP contribution in [-0.2, 0) is 14.4 Å². The molecule has 1 atom stereocenters. The van der Waals surface area contributed by atoms with Crippen molar-refractivity contribution < 1.29 is 18.8 Å². The lowest BCUT2D eigenvalue weighted by molar-refractivity contribution is -0.138. The molecule has 3 amide bonds. The minimum absolute atomic E-state index is 0.0443. The molecule has 0 heterocycles. The monoisotopic (exact) mass is 620 g/mol. The molecule has 40 heavy (non-hydrogen) atoms. The second-order valence-electron chi connectivity index (χ2n) is 10.2. The normalized spacial score (nSPS) is 10.4. The maximum atomic E-state index is 12.3. The number of aryl methyl sites for hydroxylation is 1. The molecule has 1 aromatic carbocycles. The first-order valence-corrected chi connectivity index (χ1v) is 14.3. The zero-order chi connectivity index (χ0) is 31.3.